The highest BCUT2D eigenvalue weighted by Crippen LogP contribution is 2.29. The summed E-state index contributed by atoms with van der Waals surface area (Å²) in [4.78, 5) is 19.2. The Kier molecular flexibility index (Phi) is 6.07. The van der Waals surface area contributed by atoms with Crippen LogP contribution >= 0.6 is 0 Å². The van der Waals surface area contributed by atoms with Crippen LogP contribution in [0.2, 0.25) is 0 Å². The van der Waals surface area contributed by atoms with E-state index in [2.05, 4.69) is 32.7 Å². The summed E-state index contributed by atoms with van der Waals surface area (Å²) in [5, 5.41) is 6.60. The van der Waals surface area contributed by atoms with Gasteiger partial charge in [-0.2, -0.15) is 0 Å². The Labute approximate surface area is 166 Å². The van der Waals surface area contributed by atoms with Crippen molar-refractivity contribution in [2.75, 3.05) is 36.5 Å². The van der Waals surface area contributed by atoms with E-state index in [-0.39, 0.29) is 5.91 Å². The fourth-order valence-electron chi connectivity index (χ4n) is 3.96. The molecule has 6 heteroatoms. The van der Waals surface area contributed by atoms with Gasteiger partial charge in [0, 0.05) is 25.3 Å². The zero-order valence-electron chi connectivity index (χ0n) is 16.2. The number of rotatable bonds is 5. The van der Waals surface area contributed by atoms with Crippen molar-refractivity contribution in [3.63, 3.8) is 0 Å². The van der Waals surface area contributed by atoms with E-state index in [1.807, 2.05) is 18.2 Å². The minimum absolute atomic E-state index is 0.0375. The quantitative estimate of drug-likeness (QED) is 0.827. The number of nitrogens with one attached hydrogen (secondary N) is 2. The lowest BCUT2D eigenvalue weighted by atomic mass is 9.95. The number of carbonyl (C=O) groups excluding carboxylic acids is 1. The SMILES string of the molecule is O=C(NC1CCCCC1)c1cncc(Nc2ccccc2N2CCOCC2)c1. The summed E-state index contributed by atoms with van der Waals surface area (Å²) >= 11 is 0. The maximum atomic E-state index is 12.6. The van der Waals surface area contributed by atoms with Gasteiger partial charge >= 0.3 is 0 Å². The number of amides is 1. The first kappa shape index (κ1) is 18.7. The molecular weight excluding hydrogens is 352 g/mol. The summed E-state index contributed by atoms with van der Waals surface area (Å²) in [6.45, 7) is 3.24. The molecule has 28 heavy (non-hydrogen) atoms. The van der Waals surface area contributed by atoms with Gasteiger partial charge in [-0.3, -0.25) is 9.78 Å². The minimum atomic E-state index is -0.0375. The Bertz CT molecular complexity index is 799. The molecule has 2 aromatic rings. The molecule has 0 spiro atoms. The summed E-state index contributed by atoms with van der Waals surface area (Å²) in [5.41, 5.74) is 3.57. The molecule has 0 radical (unpaired) electrons. The Hall–Kier alpha value is -2.60. The van der Waals surface area contributed by atoms with Crippen LogP contribution in [0.15, 0.2) is 42.7 Å². The van der Waals surface area contributed by atoms with E-state index >= 15 is 0 Å². The molecule has 4 rings (SSSR count). The molecule has 1 saturated heterocycles. The van der Waals surface area contributed by atoms with Crippen molar-refractivity contribution in [2.45, 2.75) is 38.1 Å². The zero-order valence-corrected chi connectivity index (χ0v) is 16.2. The first-order valence-electron chi connectivity index (χ1n) is 10.2. The average molecular weight is 380 g/mol. The largest absolute Gasteiger partial charge is 0.378 e. The number of carbonyl (C=O) groups is 1. The number of ether oxygens (including phenoxy) is 1. The number of hydrogen-bond acceptors (Lipinski definition) is 5. The van der Waals surface area contributed by atoms with Crippen molar-refractivity contribution in [2.24, 2.45) is 0 Å². The highest BCUT2D eigenvalue weighted by Gasteiger charge is 2.18. The molecule has 1 aliphatic heterocycles. The van der Waals surface area contributed by atoms with Gasteiger partial charge in [0.25, 0.3) is 5.91 Å². The van der Waals surface area contributed by atoms with Gasteiger partial charge in [0.05, 0.1) is 42.0 Å². The van der Waals surface area contributed by atoms with Crippen LogP contribution in [-0.2, 0) is 4.74 Å². The summed E-state index contributed by atoms with van der Waals surface area (Å²) in [6, 6.07) is 10.4. The number of nitrogens with zero attached hydrogens (tertiary/aromatic N) is 2. The average Bonchev–Trinajstić information content (AvgIpc) is 2.76. The standard InChI is InChI=1S/C22H28N4O2/c27-22(25-18-6-2-1-3-7-18)17-14-19(16-23-15-17)24-20-8-4-5-9-21(20)26-10-12-28-13-11-26/h4-5,8-9,14-16,18,24H,1-3,6-7,10-13H2,(H,25,27). The molecular formula is C22H28N4O2. The van der Waals surface area contributed by atoms with E-state index < -0.39 is 0 Å². The molecule has 0 unspecified atom stereocenters. The van der Waals surface area contributed by atoms with Crippen LogP contribution in [0.1, 0.15) is 42.5 Å². The third-order valence-corrected chi connectivity index (χ3v) is 5.48. The second kappa shape index (κ2) is 9.06. The Morgan fingerprint density at radius 1 is 1.07 bits per heavy atom. The van der Waals surface area contributed by atoms with Gasteiger partial charge < -0.3 is 20.3 Å². The predicted octanol–water partition coefficient (Wildman–Crippen LogP) is 3.72. The van der Waals surface area contributed by atoms with E-state index in [0.717, 1.165) is 56.2 Å². The third kappa shape index (κ3) is 4.62. The van der Waals surface area contributed by atoms with Gasteiger partial charge in [0.1, 0.15) is 0 Å². The van der Waals surface area contributed by atoms with Crippen molar-refractivity contribution in [3.8, 4) is 0 Å². The summed E-state index contributed by atoms with van der Waals surface area (Å²) in [7, 11) is 0. The van der Waals surface area contributed by atoms with Crippen molar-refractivity contribution in [1.29, 1.82) is 0 Å². The first-order chi connectivity index (χ1) is 13.8. The van der Waals surface area contributed by atoms with Crippen LogP contribution in [0, 0.1) is 0 Å². The number of aromatic nitrogens is 1. The smallest absolute Gasteiger partial charge is 0.253 e. The Morgan fingerprint density at radius 2 is 1.86 bits per heavy atom. The molecule has 1 saturated carbocycles. The van der Waals surface area contributed by atoms with Gasteiger partial charge in [-0.25, -0.2) is 0 Å². The topological polar surface area (TPSA) is 66.5 Å². The number of anilines is 3. The molecule has 0 bridgehead atoms. The van der Waals surface area contributed by atoms with Crippen LogP contribution in [0.25, 0.3) is 0 Å². The molecule has 2 aliphatic rings. The predicted molar refractivity (Wildman–Crippen MR) is 111 cm³/mol. The fraction of sp³-hybridized carbons (Fsp3) is 0.455. The second-order valence-corrected chi connectivity index (χ2v) is 7.51. The number of benzene rings is 1. The van der Waals surface area contributed by atoms with E-state index in [0.29, 0.717) is 11.6 Å². The van der Waals surface area contributed by atoms with Crippen molar-refractivity contribution >= 4 is 23.0 Å². The zero-order chi connectivity index (χ0) is 19.2. The van der Waals surface area contributed by atoms with Gasteiger partial charge in [-0.1, -0.05) is 31.4 Å². The van der Waals surface area contributed by atoms with Gasteiger partial charge in [-0.15, -0.1) is 0 Å². The van der Waals surface area contributed by atoms with Crippen molar-refractivity contribution in [3.05, 3.63) is 48.3 Å². The molecule has 1 aromatic heterocycles. The highest BCUT2D eigenvalue weighted by molar-refractivity contribution is 5.95. The molecule has 6 nitrogen and oxygen atoms in total. The summed E-state index contributed by atoms with van der Waals surface area (Å²) in [5.74, 6) is -0.0375. The molecule has 2 heterocycles. The second-order valence-electron chi connectivity index (χ2n) is 7.51. The fourth-order valence-corrected chi connectivity index (χ4v) is 3.96. The van der Waals surface area contributed by atoms with Crippen LogP contribution in [0.4, 0.5) is 17.1 Å². The number of para-hydroxylation sites is 2. The third-order valence-electron chi connectivity index (χ3n) is 5.48. The normalized spacial score (nSPS) is 17.9. The summed E-state index contributed by atoms with van der Waals surface area (Å²) in [6.07, 6.45) is 9.21. The van der Waals surface area contributed by atoms with Crippen LogP contribution in [0.5, 0.6) is 0 Å². The molecule has 148 valence electrons. The van der Waals surface area contributed by atoms with E-state index in [9.17, 15) is 4.79 Å². The molecule has 2 N–H and O–H groups in total. The monoisotopic (exact) mass is 380 g/mol. The highest BCUT2D eigenvalue weighted by atomic mass is 16.5. The van der Waals surface area contributed by atoms with Gasteiger partial charge in [-0.05, 0) is 31.0 Å². The van der Waals surface area contributed by atoms with E-state index in [1.54, 1.807) is 12.4 Å². The van der Waals surface area contributed by atoms with Crippen LogP contribution in [-0.4, -0.2) is 43.2 Å². The van der Waals surface area contributed by atoms with Gasteiger partial charge in [0.2, 0.25) is 0 Å². The molecule has 0 atom stereocenters. The molecule has 1 amide bonds. The van der Waals surface area contributed by atoms with E-state index in [4.69, 9.17) is 4.74 Å². The lowest BCUT2D eigenvalue weighted by molar-refractivity contribution is 0.0927. The van der Waals surface area contributed by atoms with Crippen LogP contribution < -0.4 is 15.5 Å². The van der Waals surface area contributed by atoms with Crippen LogP contribution in [0.3, 0.4) is 0 Å². The lowest BCUT2D eigenvalue weighted by Gasteiger charge is -2.30. The molecule has 1 aliphatic carbocycles. The van der Waals surface area contributed by atoms with E-state index in [1.165, 1.54) is 19.3 Å². The molecule has 2 fully saturated rings. The molecule has 1 aromatic carbocycles. The number of morpholine rings is 1. The first-order valence-corrected chi connectivity index (χ1v) is 10.2. The number of hydrogen-bond donors (Lipinski definition) is 2. The maximum absolute atomic E-state index is 12.6. The van der Waals surface area contributed by atoms with Crippen molar-refractivity contribution < 1.29 is 9.53 Å². The van der Waals surface area contributed by atoms with Crippen molar-refractivity contribution in [1.82, 2.24) is 10.3 Å². The lowest BCUT2D eigenvalue weighted by Crippen LogP contribution is -2.36. The van der Waals surface area contributed by atoms with Gasteiger partial charge in [0.15, 0.2) is 0 Å². The summed E-state index contributed by atoms with van der Waals surface area (Å²) < 4.78 is 5.47. The minimum Gasteiger partial charge on any atom is -0.378 e. The Morgan fingerprint density at radius 3 is 2.68 bits per heavy atom. The Balaban J connectivity index is 1.47. The number of pyridine rings is 1. The maximum Gasteiger partial charge on any atom is 0.253 e.